The van der Waals surface area contributed by atoms with Gasteiger partial charge in [0.15, 0.2) is 0 Å². The Morgan fingerprint density at radius 1 is 1.42 bits per heavy atom. The lowest BCUT2D eigenvalue weighted by atomic mass is 10.1. The predicted octanol–water partition coefficient (Wildman–Crippen LogP) is 3.57. The number of hydrogen-bond acceptors (Lipinski definition) is 2. The molecule has 0 aliphatic rings. The molecule has 98 valence electrons. The summed E-state index contributed by atoms with van der Waals surface area (Å²) in [6.45, 7) is 4.21. The molecule has 1 N–H and O–H groups in total. The standard InChI is InChI=1S/C15H16N2O2/c1-3-11(4-2)17-6-5-12-13(15(18)19)7-10(9-16)8-14(12)17/h5-8,11H,3-4H2,1-2H3,(H,18,19). The molecular weight excluding hydrogens is 240 g/mol. The summed E-state index contributed by atoms with van der Waals surface area (Å²) in [5, 5.41) is 19.0. The first kappa shape index (κ1) is 13.2. The second kappa shape index (κ2) is 5.15. The Bertz CT molecular complexity index is 661. The minimum absolute atomic E-state index is 0.193. The Morgan fingerprint density at radius 3 is 2.63 bits per heavy atom. The first-order chi connectivity index (χ1) is 9.12. The molecule has 0 unspecified atom stereocenters. The summed E-state index contributed by atoms with van der Waals surface area (Å²) >= 11 is 0. The average molecular weight is 256 g/mol. The molecule has 0 radical (unpaired) electrons. The first-order valence-electron chi connectivity index (χ1n) is 6.40. The van der Waals surface area contributed by atoms with Gasteiger partial charge in [-0.25, -0.2) is 4.79 Å². The minimum atomic E-state index is -0.996. The van der Waals surface area contributed by atoms with Gasteiger partial charge in [0, 0.05) is 17.6 Å². The summed E-state index contributed by atoms with van der Waals surface area (Å²) < 4.78 is 2.07. The maximum absolute atomic E-state index is 11.3. The van der Waals surface area contributed by atoms with E-state index in [1.54, 1.807) is 6.07 Å². The number of nitrogens with zero attached hydrogens (tertiary/aromatic N) is 2. The molecule has 1 heterocycles. The second-order valence-electron chi connectivity index (χ2n) is 4.57. The van der Waals surface area contributed by atoms with Crippen LogP contribution in [-0.4, -0.2) is 15.6 Å². The van der Waals surface area contributed by atoms with Gasteiger partial charge in [-0.3, -0.25) is 0 Å². The number of rotatable bonds is 4. The molecule has 4 nitrogen and oxygen atoms in total. The SMILES string of the molecule is CCC(CC)n1ccc2c(C(=O)O)cc(C#N)cc21. The van der Waals surface area contributed by atoms with E-state index >= 15 is 0 Å². The number of carboxylic acids is 1. The minimum Gasteiger partial charge on any atom is -0.478 e. The van der Waals surface area contributed by atoms with Crippen LogP contribution in [0.5, 0.6) is 0 Å². The second-order valence-corrected chi connectivity index (χ2v) is 4.57. The van der Waals surface area contributed by atoms with Gasteiger partial charge in [-0.1, -0.05) is 13.8 Å². The van der Waals surface area contributed by atoms with E-state index < -0.39 is 5.97 Å². The van der Waals surface area contributed by atoms with Gasteiger partial charge in [0.25, 0.3) is 0 Å². The summed E-state index contributed by atoms with van der Waals surface area (Å²) in [7, 11) is 0. The van der Waals surface area contributed by atoms with Crippen LogP contribution in [0.15, 0.2) is 24.4 Å². The van der Waals surface area contributed by atoms with Gasteiger partial charge in [0.2, 0.25) is 0 Å². The molecule has 0 amide bonds. The van der Waals surface area contributed by atoms with Crippen molar-refractivity contribution >= 4 is 16.9 Å². The van der Waals surface area contributed by atoms with E-state index in [2.05, 4.69) is 18.4 Å². The van der Waals surface area contributed by atoms with Crippen molar-refractivity contribution in [3.8, 4) is 6.07 Å². The van der Waals surface area contributed by atoms with Crippen LogP contribution < -0.4 is 0 Å². The predicted molar refractivity (Wildman–Crippen MR) is 73.2 cm³/mol. The number of aromatic carboxylic acids is 1. The lowest BCUT2D eigenvalue weighted by Crippen LogP contribution is -2.06. The van der Waals surface area contributed by atoms with Crippen LogP contribution in [0.4, 0.5) is 0 Å². The zero-order chi connectivity index (χ0) is 14.0. The lowest BCUT2D eigenvalue weighted by Gasteiger charge is -2.16. The van der Waals surface area contributed by atoms with Crippen molar-refractivity contribution < 1.29 is 9.90 Å². The molecule has 0 spiro atoms. The van der Waals surface area contributed by atoms with Crippen molar-refractivity contribution in [2.75, 3.05) is 0 Å². The molecule has 0 aliphatic carbocycles. The van der Waals surface area contributed by atoms with Crippen molar-refractivity contribution in [3.63, 3.8) is 0 Å². The lowest BCUT2D eigenvalue weighted by molar-refractivity contribution is 0.0699. The third-order valence-corrected chi connectivity index (χ3v) is 3.53. The monoisotopic (exact) mass is 256 g/mol. The van der Waals surface area contributed by atoms with Gasteiger partial charge >= 0.3 is 5.97 Å². The van der Waals surface area contributed by atoms with E-state index in [0.29, 0.717) is 17.0 Å². The Balaban J connectivity index is 2.75. The largest absolute Gasteiger partial charge is 0.478 e. The van der Waals surface area contributed by atoms with Crippen LogP contribution in [0.3, 0.4) is 0 Å². The Kier molecular flexibility index (Phi) is 3.57. The fraction of sp³-hybridized carbons (Fsp3) is 0.333. The Morgan fingerprint density at radius 2 is 2.11 bits per heavy atom. The number of fused-ring (bicyclic) bond motifs is 1. The number of carboxylic acid groups (broad SMARTS) is 1. The Labute approximate surface area is 111 Å². The van der Waals surface area contributed by atoms with Gasteiger partial charge in [-0.15, -0.1) is 0 Å². The first-order valence-corrected chi connectivity index (χ1v) is 6.40. The highest BCUT2D eigenvalue weighted by molar-refractivity contribution is 6.03. The molecule has 4 heteroatoms. The highest BCUT2D eigenvalue weighted by Crippen LogP contribution is 2.27. The molecule has 19 heavy (non-hydrogen) atoms. The molecule has 1 aromatic heterocycles. The molecule has 2 rings (SSSR count). The smallest absolute Gasteiger partial charge is 0.336 e. The van der Waals surface area contributed by atoms with E-state index in [0.717, 1.165) is 18.4 Å². The van der Waals surface area contributed by atoms with E-state index in [9.17, 15) is 9.90 Å². The van der Waals surface area contributed by atoms with Gasteiger partial charge in [-0.05, 0) is 31.0 Å². The maximum atomic E-state index is 11.3. The summed E-state index contributed by atoms with van der Waals surface area (Å²) in [5.74, 6) is -0.996. The molecule has 2 aromatic rings. The quantitative estimate of drug-likeness (QED) is 0.909. The van der Waals surface area contributed by atoms with E-state index in [-0.39, 0.29) is 5.56 Å². The molecule has 0 aliphatic heterocycles. The van der Waals surface area contributed by atoms with Crippen molar-refractivity contribution in [2.24, 2.45) is 0 Å². The fourth-order valence-corrected chi connectivity index (χ4v) is 2.50. The average Bonchev–Trinajstić information content (AvgIpc) is 2.83. The maximum Gasteiger partial charge on any atom is 0.336 e. The number of hydrogen-bond donors (Lipinski definition) is 1. The summed E-state index contributed by atoms with van der Waals surface area (Å²) in [4.78, 5) is 11.3. The third-order valence-electron chi connectivity index (χ3n) is 3.53. The number of benzene rings is 1. The molecule has 0 saturated heterocycles. The highest BCUT2D eigenvalue weighted by Gasteiger charge is 2.16. The summed E-state index contributed by atoms with van der Waals surface area (Å²) in [6.07, 6.45) is 3.86. The summed E-state index contributed by atoms with van der Waals surface area (Å²) in [6, 6.07) is 7.37. The topological polar surface area (TPSA) is 66.0 Å². The molecule has 0 bridgehead atoms. The van der Waals surface area contributed by atoms with Crippen LogP contribution in [0.1, 0.15) is 48.7 Å². The van der Waals surface area contributed by atoms with E-state index in [1.807, 2.05) is 18.3 Å². The van der Waals surface area contributed by atoms with E-state index in [1.165, 1.54) is 6.07 Å². The molecule has 1 aromatic carbocycles. The number of carbonyl (C=O) groups is 1. The number of aromatic nitrogens is 1. The fourth-order valence-electron chi connectivity index (χ4n) is 2.50. The van der Waals surface area contributed by atoms with Gasteiger partial charge in [0.1, 0.15) is 0 Å². The Hall–Kier alpha value is -2.28. The zero-order valence-electron chi connectivity index (χ0n) is 11.1. The molecule has 0 atom stereocenters. The molecule has 0 fully saturated rings. The highest BCUT2D eigenvalue weighted by atomic mass is 16.4. The van der Waals surface area contributed by atoms with Gasteiger partial charge < -0.3 is 9.67 Å². The zero-order valence-corrected chi connectivity index (χ0v) is 11.1. The normalized spacial score (nSPS) is 10.8. The van der Waals surface area contributed by atoms with Crippen LogP contribution in [0.2, 0.25) is 0 Å². The van der Waals surface area contributed by atoms with Crippen LogP contribution in [-0.2, 0) is 0 Å². The molecule has 0 saturated carbocycles. The number of nitriles is 1. The van der Waals surface area contributed by atoms with Crippen LogP contribution in [0.25, 0.3) is 10.9 Å². The summed E-state index contributed by atoms with van der Waals surface area (Å²) in [5.41, 5.74) is 1.40. The van der Waals surface area contributed by atoms with Crippen molar-refractivity contribution in [2.45, 2.75) is 32.7 Å². The third kappa shape index (κ3) is 2.19. The van der Waals surface area contributed by atoms with Crippen molar-refractivity contribution in [1.29, 1.82) is 5.26 Å². The van der Waals surface area contributed by atoms with Crippen LogP contribution >= 0.6 is 0 Å². The van der Waals surface area contributed by atoms with Crippen molar-refractivity contribution in [3.05, 3.63) is 35.5 Å². The van der Waals surface area contributed by atoms with E-state index in [4.69, 9.17) is 5.26 Å². The molecular formula is C15H16N2O2. The van der Waals surface area contributed by atoms with Gasteiger partial charge in [0.05, 0.1) is 22.7 Å². The van der Waals surface area contributed by atoms with Gasteiger partial charge in [-0.2, -0.15) is 5.26 Å². The van der Waals surface area contributed by atoms with Crippen molar-refractivity contribution in [1.82, 2.24) is 4.57 Å². The van der Waals surface area contributed by atoms with Crippen LogP contribution in [0, 0.1) is 11.3 Å².